The standard InChI is InChI=1S/C26H22O5/c1-30-22-11-13-24-19(16-22)8-12-23(18-3-2-4-20(27)15-18)26(24)31-21-9-5-17(6-10-21)7-14-25(28)29/h2-6,8-13,15-16,27H,7,14H2,1H3,(H,28,29). The molecule has 0 saturated heterocycles. The number of methoxy groups -OCH3 is 1. The van der Waals surface area contributed by atoms with Gasteiger partial charge in [0.1, 0.15) is 23.0 Å². The van der Waals surface area contributed by atoms with E-state index in [9.17, 15) is 9.90 Å². The van der Waals surface area contributed by atoms with Crippen molar-refractivity contribution in [3.63, 3.8) is 0 Å². The molecular formula is C26H22O5. The number of ether oxygens (including phenoxy) is 2. The maximum absolute atomic E-state index is 10.8. The third-order valence-corrected chi connectivity index (χ3v) is 5.11. The first-order valence-electron chi connectivity index (χ1n) is 9.92. The maximum Gasteiger partial charge on any atom is 0.303 e. The lowest BCUT2D eigenvalue weighted by atomic mass is 9.99. The second-order valence-corrected chi connectivity index (χ2v) is 7.22. The van der Waals surface area contributed by atoms with Crippen LogP contribution in [0.25, 0.3) is 21.9 Å². The van der Waals surface area contributed by atoms with Crippen molar-refractivity contribution >= 4 is 16.7 Å². The van der Waals surface area contributed by atoms with Crippen LogP contribution in [-0.2, 0) is 11.2 Å². The minimum absolute atomic E-state index is 0.0903. The summed E-state index contributed by atoms with van der Waals surface area (Å²) in [5, 5.41) is 20.7. The summed E-state index contributed by atoms with van der Waals surface area (Å²) in [4.78, 5) is 10.8. The summed E-state index contributed by atoms with van der Waals surface area (Å²) in [5.74, 6) is 1.43. The number of aliphatic carboxylic acids is 1. The van der Waals surface area contributed by atoms with E-state index in [2.05, 4.69) is 0 Å². The Labute approximate surface area is 180 Å². The molecule has 0 spiro atoms. The monoisotopic (exact) mass is 414 g/mol. The topological polar surface area (TPSA) is 76.0 Å². The van der Waals surface area contributed by atoms with Crippen LogP contribution < -0.4 is 9.47 Å². The molecule has 0 fully saturated rings. The molecule has 4 aromatic rings. The Bertz CT molecular complexity index is 1230. The van der Waals surface area contributed by atoms with E-state index in [0.29, 0.717) is 17.9 Å². The molecule has 4 aromatic carbocycles. The highest BCUT2D eigenvalue weighted by molar-refractivity contribution is 5.96. The number of carboxylic acids is 1. The van der Waals surface area contributed by atoms with Crippen LogP contribution >= 0.6 is 0 Å². The van der Waals surface area contributed by atoms with Crippen LogP contribution in [0.4, 0.5) is 0 Å². The molecule has 0 heterocycles. The molecule has 0 unspecified atom stereocenters. The van der Waals surface area contributed by atoms with Crippen LogP contribution in [0, 0.1) is 0 Å². The molecule has 0 aliphatic carbocycles. The number of carbonyl (C=O) groups is 1. The van der Waals surface area contributed by atoms with Crippen molar-refractivity contribution < 1.29 is 24.5 Å². The zero-order valence-corrected chi connectivity index (χ0v) is 17.0. The Morgan fingerprint density at radius 1 is 0.903 bits per heavy atom. The summed E-state index contributed by atoms with van der Waals surface area (Å²) >= 11 is 0. The van der Waals surface area contributed by atoms with E-state index in [-0.39, 0.29) is 12.2 Å². The molecule has 5 heteroatoms. The number of carboxylic acid groups (broad SMARTS) is 1. The van der Waals surface area contributed by atoms with E-state index < -0.39 is 5.97 Å². The second kappa shape index (κ2) is 8.79. The highest BCUT2D eigenvalue weighted by Gasteiger charge is 2.14. The van der Waals surface area contributed by atoms with Crippen molar-refractivity contribution in [2.24, 2.45) is 0 Å². The first kappa shape index (κ1) is 20.3. The fraction of sp³-hybridized carbons (Fsp3) is 0.115. The lowest BCUT2D eigenvalue weighted by Gasteiger charge is -2.16. The SMILES string of the molecule is COc1ccc2c(Oc3ccc(CCC(=O)O)cc3)c(-c3cccc(O)c3)ccc2c1. The highest BCUT2D eigenvalue weighted by Crippen LogP contribution is 2.41. The Hall–Kier alpha value is -3.99. The molecule has 5 nitrogen and oxygen atoms in total. The maximum atomic E-state index is 10.8. The van der Waals surface area contributed by atoms with Crippen molar-refractivity contribution in [1.82, 2.24) is 0 Å². The smallest absolute Gasteiger partial charge is 0.303 e. The molecule has 0 bridgehead atoms. The van der Waals surface area contributed by atoms with Crippen LogP contribution in [-0.4, -0.2) is 23.3 Å². The molecule has 0 aliphatic heterocycles. The first-order valence-corrected chi connectivity index (χ1v) is 9.92. The minimum atomic E-state index is -0.817. The van der Waals surface area contributed by atoms with Gasteiger partial charge < -0.3 is 19.7 Å². The third kappa shape index (κ3) is 4.61. The minimum Gasteiger partial charge on any atom is -0.508 e. The van der Waals surface area contributed by atoms with Gasteiger partial charge in [-0.25, -0.2) is 0 Å². The number of benzene rings is 4. The van der Waals surface area contributed by atoms with Crippen molar-refractivity contribution in [2.75, 3.05) is 7.11 Å². The molecular weight excluding hydrogens is 392 g/mol. The lowest BCUT2D eigenvalue weighted by molar-refractivity contribution is -0.136. The van der Waals surface area contributed by atoms with Crippen LogP contribution in [0.1, 0.15) is 12.0 Å². The molecule has 0 saturated carbocycles. The van der Waals surface area contributed by atoms with Gasteiger partial charge >= 0.3 is 5.97 Å². The second-order valence-electron chi connectivity index (χ2n) is 7.22. The zero-order valence-electron chi connectivity index (χ0n) is 17.0. The van der Waals surface area contributed by atoms with Crippen molar-refractivity contribution in [1.29, 1.82) is 0 Å². The summed E-state index contributed by atoms with van der Waals surface area (Å²) in [6, 6.07) is 24.2. The van der Waals surface area contributed by atoms with Crippen molar-refractivity contribution in [3.8, 4) is 34.1 Å². The Morgan fingerprint density at radius 3 is 2.39 bits per heavy atom. The van der Waals surface area contributed by atoms with Gasteiger partial charge in [0.05, 0.1) is 7.11 Å². The summed E-state index contributed by atoms with van der Waals surface area (Å²) in [6.45, 7) is 0. The van der Waals surface area contributed by atoms with E-state index in [1.54, 1.807) is 25.3 Å². The van der Waals surface area contributed by atoms with Gasteiger partial charge in [-0.2, -0.15) is 0 Å². The fourth-order valence-electron chi connectivity index (χ4n) is 3.51. The first-order chi connectivity index (χ1) is 15.0. The molecule has 0 radical (unpaired) electrons. The summed E-state index contributed by atoms with van der Waals surface area (Å²) in [6.07, 6.45) is 0.561. The molecule has 31 heavy (non-hydrogen) atoms. The lowest BCUT2D eigenvalue weighted by Crippen LogP contribution is -1.97. The van der Waals surface area contributed by atoms with Gasteiger partial charge in [0.25, 0.3) is 0 Å². The molecule has 156 valence electrons. The summed E-state index contributed by atoms with van der Waals surface area (Å²) < 4.78 is 11.7. The van der Waals surface area contributed by atoms with Crippen molar-refractivity contribution in [3.05, 3.63) is 84.4 Å². The van der Waals surface area contributed by atoms with Crippen LogP contribution in [0.3, 0.4) is 0 Å². The zero-order chi connectivity index (χ0) is 21.8. The number of hydrogen-bond acceptors (Lipinski definition) is 4. The quantitative estimate of drug-likeness (QED) is 0.386. The van der Waals surface area contributed by atoms with Gasteiger partial charge in [0.15, 0.2) is 0 Å². The average molecular weight is 414 g/mol. The van der Waals surface area contributed by atoms with Gasteiger partial charge in [0, 0.05) is 17.4 Å². The Balaban J connectivity index is 1.76. The Morgan fingerprint density at radius 2 is 1.68 bits per heavy atom. The number of phenols is 1. The average Bonchev–Trinajstić information content (AvgIpc) is 2.78. The predicted molar refractivity (Wildman–Crippen MR) is 120 cm³/mol. The predicted octanol–water partition coefficient (Wildman–Crippen LogP) is 6.03. The molecule has 2 N–H and O–H groups in total. The van der Waals surface area contributed by atoms with E-state index in [1.807, 2.05) is 60.7 Å². The molecule has 4 rings (SSSR count). The fourth-order valence-corrected chi connectivity index (χ4v) is 3.51. The van der Waals surface area contributed by atoms with E-state index in [4.69, 9.17) is 14.6 Å². The molecule has 0 amide bonds. The number of hydrogen-bond donors (Lipinski definition) is 2. The van der Waals surface area contributed by atoms with Crippen LogP contribution in [0.15, 0.2) is 78.9 Å². The van der Waals surface area contributed by atoms with Gasteiger partial charge in [0.2, 0.25) is 0 Å². The van der Waals surface area contributed by atoms with Crippen LogP contribution in [0.2, 0.25) is 0 Å². The molecule has 0 aromatic heterocycles. The van der Waals surface area contributed by atoms with E-state index in [0.717, 1.165) is 33.2 Å². The van der Waals surface area contributed by atoms with Gasteiger partial charge in [-0.1, -0.05) is 30.3 Å². The molecule has 0 atom stereocenters. The van der Waals surface area contributed by atoms with Crippen LogP contribution in [0.5, 0.6) is 23.0 Å². The van der Waals surface area contributed by atoms with E-state index in [1.165, 1.54) is 0 Å². The summed E-state index contributed by atoms with van der Waals surface area (Å²) in [7, 11) is 1.63. The number of aryl methyl sites for hydroxylation is 1. The number of rotatable bonds is 7. The highest BCUT2D eigenvalue weighted by atomic mass is 16.5. The number of aromatic hydroxyl groups is 1. The number of phenolic OH excluding ortho intramolecular Hbond substituents is 1. The van der Waals surface area contributed by atoms with Gasteiger partial charge in [-0.3, -0.25) is 4.79 Å². The molecule has 0 aliphatic rings. The largest absolute Gasteiger partial charge is 0.508 e. The summed E-state index contributed by atoms with van der Waals surface area (Å²) in [5.41, 5.74) is 2.62. The third-order valence-electron chi connectivity index (χ3n) is 5.11. The van der Waals surface area contributed by atoms with Gasteiger partial charge in [-0.05, 0) is 71.5 Å². The van der Waals surface area contributed by atoms with Gasteiger partial charge in [-0.15, -0.1) is 0 Å². The van der Waals surface area contributed by atoms with E-state index >= 15 is 0 Å². The normalized spacial score (nSPS) is 10.7. The number of fused-ring (bicyclic) bond motifs is 1. The van der Waals surface area contributed by atoms with Crippen molar-refractivity contribution in [2.45, 2.75) is 12.8 Å². The Kier molecular flexibility index (Phi) is 5.76.